The van der Waals surface area contributed by atoms with E-state index < -0.39 is 0 Å². The second-order valence-corrected chi connectivity index (χ2v) is 3.83. The normalized spacial score (nSPS) is 10.4. The molecule has 0 aliphatic carbocycles. The number of hydrogen-bond donors (Lipinski definition) is 0. The van der Waals surface area contributed by atoms with Crippen LogP contribution in [0.5, 0.6) is 0 Å². The minimum Gasteiger partial charge on any atom is -0.319 e. The molecule has 72 valence electrons. The Kier molecular flexibility index (Phi) is 2.68. The number of nitrogens with zero attached hydrogens (tertiary/aromatic N) is 2. The summed E-state index contributed by atoms with van der Waals surface area (Å²) in [5, 5.41) is 0. The van der Waals surface area contributed by atoms with Crippen molar-refractivity contribution < 1.29 is 0 Å². The summed E-state index contributed by atoms with van der Waals surface area (Å²) in [5.41, 5.74) is 1.15. The van der Waals surface area contributed by atoms with Gasteiger partial charge < -0.3 is 4.57 Å². The summed E-state index contributed by atoms with van der Waals surface area (Å²) < 4.78 is 3.16. The van der Waals surface area contributed by atoms with E-state index in [0.29, 0.717) is 0 Å². The highest BCUT2D eigenvalue weighted by Gasteiger charge is 2.07. The van der Waals surface area contributed by atoms with Crippen LogP contribution in [0.15, 0.2) is 41.1 Å². The molecule has 0 atom stereocenters. The van der Waals surface area contributed by atoms with Crippen LogP contribution in [-0.2, 0) is 6.54 Å². The third-order valence-electron chi connectivity index (χ3n) is 2.16. The van der Waals surface area contributed by atoms with Gasteiger partial charge in [0.15, 0.2) is 0 Å². The van der Waals surface area contributed by atoms with Gasteiger partial charge in [-0.2, -0.15) is 0 Å². The molecule has 0 spiro atoms. The summed E-state index contributed by atoms with van der Waals surface area (Å²) in [4.78, 5) is 4.37. The molecule has 0 amide bonds. The van der Waals surface area contributed by atoms with Crippen LogP contribution in [-0.4, -0.2) is 9.55 Å². The third kappa shape index (κ3) is 1.60. The van der Waals surface area contributed by atoms with Gasteiger partial charge in [-0.1, -0.05) is 30.3 Å². The van der Waals surface area contributed by atoms with E-state index >= 15 is 0 Å². The Morgan fingerprint density at radius 1 is 1.29 bits per heavy atom. The van der Waals surface area contributed by atoms with Crippen LogP contribution in [0.3, 0.4) is 0 Å². The lowest BCUT2D eigenvalue weighted by Gasteiger charge is -2.05. The molecule has 0 N–H and O–H groups in total. The minimum absolute atomic E-state index is 0.921. The van der Waals surface area contributed by atoms with Crippen molar-refractivity contribution in [2.24, 2.45) is 0 Å². The fourth-order valence-corrected chi connectivity index (χ4v) is 1.99. The van der Waals surface area contributed by atoms with Crippen LogP contribution in [0.4, 0.5) is 0 Å². The van der Waals surface area contributed by atoms with Gasteiger partial charge in [0.2, 0.25) is 0 Å². The van der Waals surface area contributed by atoms with Crippen LogP contribution < -0.4 is 0 Å². The van der Waals surface area contributed by atoms with Crippen LogP contribution in [0.1, 0.15) is 6.92 Å². The first kappa shape index (κ1) is 9.46. The first-order valence-corrected chi connectivity index (χ1v) is 5.38. The summed E-state index contributed by atoms with van der Waals surface area (Å²) in [7, 11) is 0. The Morgan fingerprint density at radius 2 is 2.00 bits per heavy atom. The molecule has 0 aliphatic heterocycles. The number of imidazole rings is 1. The van der Waals surface area contributed by atoms with Crippen molar-refractivity contribution in [3.05, 3.63) is 41.1 Å². The molecule has 1 heterocycles. The van der Waals surface area contributed by atoms with Gasteiger partial charge in [-0.05, 0) is 22.9 Å². The first-order valence-electron chi connectivity index (χ1n) is 4.59. The van der Waals surface area contributed by atoms with E-state index in [9.17, 15) is 0 Å². The van der Waals surface area contributed by atoms with Crippen molar-refractivity contribution in [3.63, 3.8) is 0 Å². The summed E-state index contributed by atoms with van der Waals surface area (Å²) in [6.45, 7) is 3.03. The number of hydrogen-bond acceptors (Lipinski definition) is 1. The Hall–Kier alpha value is -1.09. The topological polar surface area (TPSA) is 17.8 Å². The van der Waals surface area contributed by atoms with Gasteiger partial charge in [0, 0.05) is 12.1 Å². The maximum Gasteiger partial charge on any atom is 0.140 e. The Bertz CT molecular complexity index is 420. The maximum absolute atomic E-state index is 4.37. The lowest BCUT2D eigenvalue weighted by atomic mass is 10.2. The van der Waals surface area contributed by atoms with E-state index in [0.717, 1.165) is 22.5 Å². The summed E-state index contributed by atoms with van der Waals surface area (Å²) in [6, 6.07) is 10.2. The average molecular weight is 251 g/mol. The number of aromatic nitrogens is 2. The van der Waals surface area contributed by atoms with E-state index in [2.05, 4.69) is 44.5 Å². The number of rotatable bonds is 2. The molecular weight excluding hydrogens is 240 g/mol. The predicted octanol–water partition coefficient (Wildman–Crippen LogP) is 3.33. The van der Waals surface area contributed by atoms with Crippen molar-refractivity contribution in [1.29, 1.82) is 0 Å². The molecule has 0 radical (unpaired) electrons. The quantitative estimate of drug-likeness (QED) is 0.800. The highest BCUT2D eigenvalue weighted by molar-refractivity contribution is 9.10. The van der Waals surface area contributed by atoms with E-state index in [1.54, 1.807) is 0 Å². The van der Waals surface area contributed by atoms with Gasteiger partial charge in [-0.25, -0.2) is 4.98 Å². The van der Waals surface area contributed by atoms with Crippen LogP contribution in [0.25, 0.3) is 11.4 Å². The first-order chi connectivity index (χ1) is 6.83. The monoisotopic (exact) mass is 250 g/mol. The van der Waals surface area contributed by atoms with Gasteiger partial charge in [-0.3, -0.25) is 0 Å². The standard InChI is InChI=1S/C11H11BrN2/c1-2-14-10(12)8-13-11(14)9-6-4-3-5-7-9/h3-8H,2H2,1H3. The van der Waals surface area contributed by atoms with Crippen LogP contribution in [0, 0.1) is 0 Å². The number of benzene rings is 1. The van der Waals surface area contributed by atoms with E-state index in [1.807, 2.05) is 24.4 Å². The highest BCUT2D eigenvalue weighted by atomic mass is 79.9. The number of halogens is 1. The third-order valence-corrected chi connectivity index (χ3v) is 2.79. The predicted molar refractivity (Wildman–Crippen MR) is 61.0 cm³/mol. The minimum atomic E-state index is 0.921. The van der Waals surface area contributed by atoms with Gasteiger partial charge >= 0.3 is 0 Å². The molecule has 0 aliphatic rings. The zero-order chi connectivity index (χ0) is 9.97. The SMILES string of the molecule is CCn1c(Br)cnc1-c1ccccc1. The van der Waals surface area contributed by atoms with Gasteiger partial charge in [0.05, 0.1) is 6.20 Å². The van der Waals surface area contributed by atoms with Crippen LogP contribution in [0.2, 0.25) is 0 Å². The summed E-state index contributed by atoms with van der Waals surface area (Å²) in [6.07, 6.45) is 1.84. The van der Waals surface area contributed by atoms with Crippen molar-refractivity contribution in [2.75, 3.05) is 0 Å². The fraction of sp³-hybridized carbons (Fsp3) is 0.182. The van der Waals surface area contributed by atoms with E-state index in [-0.39, 0.29) is 0 Å². The molecule has 2 aromatic rings. The second kappa shape index (κ2) is 3.96. The smallest absolute Gasteiger partial charge is 0.140 e. The van der Waals surface area contributed by atoms with Crippen molar-refractivity contribution >= 4 is 15.9 Å². The molecular formula is C11H11BrN2. The Balaban J connectivity index is 2.52. The molecule has 0 bridgehead atoms. The fourth-order valence-electron chi connectivity index (χ4n) is 1.47. The molecule has 2 nitrogen and oxygen atoms in total. The largest absolute Gasteiger partial charge is 0.319 e. The maximum atomic E-state index is 4.37. The zero-order valence-electron chi connectivity index (χ0n) is 7.94. The lowest BCUT2D eigenvalue weighted by molar-refractivity contribution is 0.755. The van der Waals surface area contributed by atoms with Crippen LogP contribution >= 0.6 is 15.9 Å². The highest BCUT2D eigenvalue weighted by Crippen LogP contribution is 2.22. The molecule has 14 heavy (non-hydrogen) atoms. The molecule has 2 rings (SSSR count). The molecule has 1 aromatic carbocycles. The molecule has 0 saturated carbocycles. The van der Waals surface area contributed by atoms with Gasteiger partial charge in [-0.15, -0.1) is 0 Å². The molecule has 0 fully saturated rings. The Labute approximate surface area is 91.7 Å². The van der Waals surface area contributed by atoms with Crippen molar-refractivity contribution in [3.8, 4) is 11.4 Å². The average Bonchev–Trinajstić information content (AvgIpc) is 2.61. The summed E-state index contributed by atoms with van der Waals surface area (Å²) in [5.74, 6) is 1.01. The van der Waals surface area contributed by atoms with Gasteiger partial charge in [0.25, 0.3) is 0 Å². The molecule has 0 saturated heterocycles. The molecule has 0 unspecified atom stereocenters. The Morgan fingerprint density at radius 3 is 2.64 bits per heavy atom. The van der Waals surface area contributed by atoms with E-state index in [4.69, 9.17) is 0 Å². The van der Waals surface area contributed by atoms with E-state index in [1.165, 1.54) is 0 Å². The van der Waals surface area contributed by atoms with Gasteiger partial charge in [0.1, 0.15) is 10.4 Å². The zero-order valence-corrected chi connectivity index (χ0v) is 9.53. The second-order valence-electron chi connectivity index (χ2n) is 3.01. The molecule has 3 heteroatoms. The molecule has 1 aromatic heterocycles. The summed E-state index contributed by atoms with van der Waals surface area (Å²) >= 11 is 3.48. The van der Waals surface area contributed by atoms with Crippen molar-refractivity contribution in [1.82, 2.24) is 9.55 Å². The lowest BCUT2D eigenvalue weighted by Crippen LogP contribution is -1.97. The van der Waals surface area contributed by atoms with Crippen molar-refractivity contribution in [2.45, 2.75) is 13.5 Å².